The van der Waals surface area contributed by atoms with Gasteiger partial charge in [0.1, 0.15) is 5.69 Å². The summed E-state index contributed by atoms with van der Waals surface area (Å²) in [4.78, 5) is 30.6. The van der Waals surface area contributed by atoms with E-state index in [0.717, 1.165) is 30.4 Å². The second-order valence-electron chi connectivity index (χ2n) is 5.18. The Morgan fingerprint density at radius 1 is 1.30 bits per heavy atom. The van der Waals surface area contributed by atoms with Crippen LogP contribution in [0.15, 0.2) is 16.7 Å². The number of urea groups is 1. The molecule has 0 spiro atoms. The zero-order valence-corrected chi connectivity index (χ0v) is 12.6. The fourth-order valence-electron chi connectivity index (χ4n) is 2.88. The Morgan fingerprint density at radius 2 is 2.05 bits per heavy atom. The van der Waals surface area contributed by atoms with Crippen LogP contribution in [0.25, 0.3) is 0 Å². The number of halogens is 1. The molecule has 7 heteroatoms. The molecule has 2 N–H and O–H groups in total. The molecule has 2 aliphatic heterocycles. The van der Waals surface area contributed by atoms with Gasteiger partial charge in [-0.25, -0.2) is 4.79 Å². The smallest absolute Gasteiger partial charge is 0.317 e. The maximum Gasteiger partial charge on any atom is 0.317 e. The first kappa shape index (κ1) is 13.5. The highest BCUT2D eigenvalue weighted by Crippen LogP contribution is 2.20. The zero-order valence-electron chi connectivity index (χ0n) is 11.1. The SMILES string of the molecule is O=C(c1cc(Br)c[nH]1)N1CCC(N2CCNC2=O)CC1. The summed E-state index contributed by atoms with van der Waals surface area (Å²) in [7, 11) is 0. The Hall–Kier alpha value is -1.50. The number of nitrogens with zero attached hydrogens (tertiary/aromatic N) is 2. The van der Waals surface area contributed by atoms with Crippen LogP contribution in [0.2, 0.25) is 0 Å². The molecule has 0 aromatic carbocycles. The van der Waals surface area contributed by atoms with Gasteiger partial charge in [0.05, 0.1) is 0 Å². The highest BCUT2D eigenvalue weighted by atomic mass is 79.9. The summed E-state index contributed by atoms with van der Waals surface area (Å²) in [5.74, 6) is 0.0278. The molecule has 2 aliphatic rings. The highest BCUT2D eigenvalue weighted by molar-refractivity contribution is 9.10. The summed E-state index contributed by atoms with van der Waals surface area (Å²) in [6.45, 7) is 2.91. The lowest BCUT2D eigenvalue weighted by molar-refractivity contribution is 0.0661. The fourth-order valence-corrected chi connectivity index (χ4v) is 3.22. The molecule has 2 saturated heterocycles. The zero-order chi connectivity index (χ0) is 14.1. The number of hydrogen-bond donors (Lipinski definition) is 2. The van der Waals surface area contributed by atoms with Gasteiger partial charge in [-0.2, -0.15) is 0 Å². The van der Waals surface area contributed by atoms with Crippen LogP contribution < -0.4 is 5.32 Å². The first-order valence-corrected chi connectivity index (χ1v) is 7.62. The molecule has 0 radical (unpaired) electrons. The lowest BCUT2D eigenvalue weighted by Crippen LogP contribution is -2.47. The predicted octanol–water partition coefficient (Wildman–Crippen LogP) is 1.41. The van der Waals surface area contributed by atoms with E-state index in [0.29, 0.717) is 18.8 Å². The Morgan fingerprint density at radius 3 is 2.60 bits per heavy atom. The third kappa shape index (κ3) is 2.54. The third-order valence-corrected chi connectivity index (χ3v) is 4.42. The van der Waals surface area contributed by atoms with Crippen molar-refractivity contribution in [2.24, 2.45) is 0 Å². The third-order valence-electron chi connectivity index (χ3n) is 3.96. The quantitative estimate of drug-likeness (QED) is 0.854. The van der Waals surface area contributed by atoms with E-state index in [2.05, 4.69) is 26.2 Å². The minimum absolute atomic E-state index is 0.0278. The van der Waals surface area contributed by atoms with Crippen molar-refractivity contribution in [1.29, 1.82) is 0 Å². The van der Waals surface area contributed by atoms with E-state index in [1.54, 1.807) is 12.3 Å². The van der Waals surface area contributed by atoms with Crippen LogP contribution in [0.5, 0.6) is 0 Å². The van der Waals surface area contributed by atoms with Gasteiger partial charge in [-0.05, 0) is 34.8 Å². The fraction of sp³-hybridized carbons (Fsp3) is 0.538. The first-order chi connectivity index (χ1) is 9.65. The number of H-pyrrole nitrogens is 1. The number of amides is 3. The van der Waals surface area contributed by atoms with Gasteiger partial charge in [-0.3, -0.25) is 4.79 Å². The Kier molecular flexibility index (Phi) is 3.69. The average molecular weight is 341 g/mol. The summed E-state index contributed by atoms with van der Waals surface area (Å²) < 4.78 is 0.879. The monoisotopic (exact) mass is 340 g/mol. The number of nitrogens with one attached hydrogen (secondary N) is 2. The number of likely N-dealkylation sites (tertiary alicyclic amines) is 1. The first-order valence-electron chi connectivity index (χ1n) is 6.83. The van der Waals surface area contributed by atoms with Crippen LogP contribution in [0.4, 0.5) is 4.79 Å². The lowest BCUT2D eigenvalue weighted by Gasteiger charge is -2.35. The largest absolute Gasteiger partial charge is 0.356 e. The van der Waals surface area contributed by atoms with Crippen molar-refractivity contribution in [2.75, 3.05) is 26.2 Å². The van der Waals surface area contributed by atoms with Crippen molar-refractivity contribution in [3.8, 4) is 0 Å². The van der Waals surface area contributed by atoms with Crippen molar-refractivity contribution < 1.29 is 9.59 Å². The molecular formula is C13H17BrN4O2. The molecule has 108 valence electrons. The predicted molar refractivity (Wildman–Crippen MR) is 77.5 cm³/mol. The number of carbonyl (C=O) groups excluding carboxylic acids is 2. The Bertz CT molecular complexity index is 522. The molecule has 3 rings (SSSR count). The van der Waals surface area contributed by atoms with Gasteiger partial charge in [-0.15, -0.1) is 0 Å². The van der Waals surface area contributed by atoms with E-state index >= 15 is 0 Å². The lowest BCUT2D eigenvalue weighted by atomic mass is 10.0. The van der Waals surface area contributed by atoms with E-state index in [1.807, 2.05) is 9.80 Å². The van der Waals surface area contributed by atoms with Crippen LogP contribution >= 0.6 is 15.9 Å². The molecule has 1 aromatic heterocycles. The molecule has 2 fully saturated rings. The van der Waals surface area contributed by atoms with Gasteiger partial charge < -0.3 is 20.1 Å². The number of carbonyl (C=O) groups is 2. The highest BCUT2D eigenvalue weighted by Gasteiger charge is 2.32. The molecule has 0 aliphatic carbocycles. The van der Waals surface area contributed by atoms with E-state index in [9.17, 15) is 9.59 Å². The molecule has 20 heavy (non-hydrogen) atoms. The van der Waals surface area contributed by atoms with Crippen molar-refractivity contribution in [3.63, 3.8) is 0 Å². The summed E-state index contributed by atoms with van der Waals surface area (Å²) in [5, 5.41) is 2.83. The Balaban J connectivity index is 1.58. The van der Waals surface area contributed by atoms with E-state index < -0.39 is 0 Å². The second kappa shape index (κ2) is 5.47. The molecule has 0 bridgehead atoms. The van der Waals surface area contributed by atoms with Gasteiger partial charge >= 0.3 is 6.03 Å². The molecule has 3 amide bonds. The van der Waals surface area contributed by atoms with E-state index in [4.69, 9.17) is 0 Å². The molecule has 0 atom stereocenters. The maximum absolute atomic E-state index is 12.3. The van der Waals surface area contributed by atoms with Gasteiger partial charge in [0.15, 0.2) is 0 Å². The van der Waals surface area contributed by atoms with Crippen LogP contribution in [0, 0.1) is 0 Å². The molecule has 0 unspecified atom stereocenters. The normalized spacial score (nSPS) is 20.4. The summed E-state index contributed by atoms with van der Waals surface area (Å²) in [6, 6.07) is 2.09. The molecular weight excluding hydrogens is 324 g/mol. The van der Waals surface area contributed by atoms with Gasteiger partial charge in [0, 0.05) is 42.9 Å². The van der Waals surface area contributed by atoms with E-state index in [-0.39, 0.29) is 18.0 Å². The van der Waals surface area contributed by atoms with Gasteiger partial charge in [0.25, 0.3) is 5.91 Å². The number of hydrogen-bond acceptors (Lipinski definition) is 2. The van der Waals surface area contributed by atoms with E-state index in [1.165, 1.54) is 0 Å². The number of rotatable bonds is 2. The van der Waals surface area contributed by atoms with Crippen LogP contribution in [-0.4, -0.2) is 58.9 Å². The molecule has 3 heterocycles. The molecule has 6 nitrogen and oxygen atoms in total. The van der Waals surface area contributed by atoms with Crippen molar-refractivity contribution in [1.82, 2.24) is 20.1 Å². The van der Waals surface area contributed by atoms with Crippen molar-refractivity contribution in [2.45, 2.75) is 18.9 Å². The Labute approximate surface area is 125 Å². The second-order valence-corrected chi connectivity index (χ2v) is 6.10. The molecule has 0 saturated carbocycles. The van der Waals surface area contributed by atoms with Crippen molar-refractivity contribution >= 4 is 27.9 Å². The summed E-state index contributed by atoms with van der Waals surface area (Å²) >= 11 is 3.33. The summed E-state index contributed by atoms with van der Waals surface area (Å²) in [6.07, 6.45) is 3.45. The van der Waals surface area contributed by atoms with Gasteiger partial charge in [0.2, 0.25) is 0 Å². The summed E-state index contributed by atoms with van der Waals surface area (Å²) in [5.41, 5.74) is 0.606. The number of aromatic amines is 1. The topological polar surface area (TPSA) is 68.4 Å². The maximum atomic E-state index is 12.3. The average Bonchev–Trinajstić information content (AvgIpc) is 3.07. The van der Waals surface area contributed by atoms with Crippen LogP contribution in [-0.2, 0) is 0 Å². The van der Waals surface area contributed by atoms with Crippen LogP contribution in [0.1, 0.15) is 23.3 Å². The number of piperidine rings is 1. The number of aromatic nitrogens is 1. The van der Waals surface area contributed by atoms with Gasteiger partial charge in [-0.1, -0.05) is 0 Å². The standard InChI is InChI=1S/C13H17BrN4O2/c14-9-7-11(16-8-9)12(19)17-4-1-10(2-5-17)18-6-3-15-13(18)20/h7-8,10,16H,1-6H2,(H,15,20). The molecule has 1 aromatic rings. The minimum atomic E-state index is 0.0278. The van der Waals surface area contributed by atoms with Crippen LogP contribution in [0.3, 0.4) is 0 Å². The minimum Gasteiger partial charge on any atom is -0.356 e. The van der Waals surface area contributed by atoms with Crippen molar-refractivity contribution in [3.05, 3.63) is 22.4 Å².